The van der Waals surface area contributed by atoms with Gasteiger partial charge in [-0.1, -0.05) is 12.8 Å². The fourth-order valence-corrected chi connectivity index (χ4v) is 1.65. The van der Waals surface area contributed by atoms with Crippen molar-refractivity contribution in [2.75, 3.05) is 0 Å². The molecule has 3 heteroatoms. The van der Waals surface area contributed by atoms with Crippen molar-refractivity contribution < 1.29 is 4.79 Å². The quantitative estimate of drug-likeness (QED) is 0.702. The van der Waals surface area contributed by atoms with E-state index in [1.54, 1.807) is 0 Å². The van der Waals surface area contributed by atoms with E-state index in [1.807, 2.05) is 13.8 Å². The number of amides is 1. The molecule has 0 bridgehead atoms. The molecule has 0 spiro atoms. The molecule has 0 saturated heterocycles. The zero-order chi connectivity index (χ0) is 10.8. The Hall–Kier alpha value is -0.570. The molecule has 3 N–H and O–H groups in total. The zero-order valence-electron chi connectivity index (χ0n) is 9.47. The second-order valence-corrected chi connectivity index (χ2v) is 5.31. The van der Waals surface area contributed by atoms with Crippen LogP contribution in [0.15, 0.2) is 0 Å². The normalized spacial score (nSPS) is 19.1. The van der Waals surface area contributed by atoms with Crippen LogP contribution in [0.5, 0.6) is 0 Å². The van der Waals surface area contributed by atoms with Crippen molar-refractivity contribution in [3.63, 3.8) is 0 Å². The van der Waals surface area contributed by atoms with Gasteiger partial charge in [0.25, 0.3) is 0 Å². The summed E-state index contributed by atoms with van der Waals surface area (Å²) in [7, 11) is 0. The van der Waals surface area contributed by atoms with Gasteiger partial charge >= 0.3 is 0 Å². The van der Waals surface area contributed by atoms with Gasteiger partial charge in [-0.25, -0.2) is 0 Å². The van der Waals surface area contributed by atoms with Gasteiger partial charge in [-0.2, -0.15) is 0 Å². The minimum Gasteiger partial charge on any atom is -0.354 e. The predicted molar refractivity (Wildman–Crippen MR) is 57.8 cm³/mol. The molecule has 0 aromatic heterocycles. The van der Waals surface area contributed by atoms with Crippen LogP contribution in [-0.4, -0.2) is 17.5 Å². The van der Waals surface area contributed by atoms with Crippen molar-refractivity contribution in [3.8, 4) is 0 Å². The Kier molecular flexibility index (Phi) is 3.53. The highest BCUT2D eigenvalue weighted by molar-refractivity contribution is 5.77. The lowest BCUT2D eigenvalue weighted by atomic mass is 10.0. The van der Waals surface area contributed by atoms with Crippen molar-refractivity contribution in [1.82, 2.24) is 5.32 Å². The Balaban J connectivity index is 2.18. The highest BCUT2D eigenvalue weighted by Crippen LogP contribution is 2.33. The second-order valence-electron chi connectivity index (χ2n) is 5.31. The van der Waals surface area contributed by atoms with E-state index in [9.17, 15) is 4.79 Å². The molecule has 1 aliphatic rings. The topological polar surface area (TPSA) is 55.1 Å². The summed E-state index contributed by atoms with van der Waals surface area (Å²) >= 11 is 0. The summed E-state index contributed by atoms with van der Waals surface area (Å²) in [5.41, 5.74) is 5.37. The summed E-state index contributed by atoms with van der Waals surface area (Å²) in [4.78, 5) is 11.5. The maximum absolute atomic E-state index is 11.5. The number of carbonyl (C=O) groups excluding carboxylic acids is 1. The molecule has 0 radical (unpaired) electrons. The van der Waals surface area contributed by atoms with Gasteiger partial charge in [0.05, 0.1) is 0 Å². The number of hydrogen-bond acceptors (Lipinski definition) is 2. The first-order chi connectivity index (χ1) is 6.37. The van der Waals surface area contributed by atoms with E-state index in [4.69, 9.17) is 5.73 Å². The van der Waals surface area contributed by atoms with E-state index >= 15 is 0 Å². The molecule has 14 heavy (non-hydrogen) atoms. The third-order valence-electron chi connectivity index (χ3n) is 2.41. The number of nitrogens with two attached hydrogens (primary N) is 1. The molecule has 0 aliphatic heterocycles. The molecule has 0 aromatic rings. The average molecular weight is 198 g/mol. The van der Waals surface area contributed by atoms with E-state index in [2.05, 4.69) is 12.2 Å². The Morgan fingerprint density at radius 3 is 2.57 bits per heavy atom. The van der Waals surface area contributed by atoms with Crippen molar-refractivity contribution in [3.05, 3.63) is 0 Å². The zero-order valence-corrected chi connectivity index (χ0v) is 9.47. The second kappa shape index (κ2) is 4.30. The van der Waals surface area contributed by atoms with Gasteiger partial charge in [-0.15, -0.1) is 0 Å². The molecule has 1 fully saturated rings. The maximum atomic E-state index is 11.5. The molecule has 1 rings (SSSR count). The van der Waals surface area contributed by atoms with Crippen molar-refractivity contribution >= 4 is 5.91 Å². The van der Waals surface area contributed by atoms with Gasteiger partial charge in [0.15, 0.2) is 0 Å². The van der Waals surface area contributed by atoms with Gasteiger partial charge in [0.2, 0.25) is 5.91 Å². The average Bonchev–Trinajstić information content (AvgIpc) is 2.64. The molecular weight excluding hydrogens is 176 g/mol. The van der Waals surface area contributed by atoms with Crippen LogP contribution >= 0.6 is 0 Å². The van der Waals surface area contributed by atoms with Crippen LogP contribution in [0.1, 0.15) is 46.5 Å². The Bertz CT molecular complexity index is 204. The van der Waals surface area contributed by atoms with Crippen LogP contribution in [0.3, 0.4) is 0 Å². The van der Waals surface area contributed by atoms with Gasteiger partial charge in [0, 0.05) is 18.0 Å². The Morgan fingerprint density at radius 2 is 2.14 bits per heavy atom. The predicted octanol–water partition coefficient (Wildman–Crippen LogP) is 1.42. The summed E-state index contributed by atoms with van der Waals surface area (Å²) in [5, 5.41) is 2.99. The van der Waals surface area contributed by atoms with Crippen LogP contribution in [0.25, 0.3) is 0 Å². The Labute approximate surface area is 86.4 Å². The fourth-order valence-electron chi connectivity index (χ4n) is 1.65. The molecule has 1 amide bonds. The molecule has 82 valence electrons. The third-order valence-corrected chi connectivity index (χ3v) is 2.41. The summed E-state index contributed by atoms with van der Waals surface area (Å²) in [6.45, 7) is 5.82. The number of nitrogens with one attached hydrogen (secondary N) is 1. The molecule has 0 aromatic carbocycles. The van der Waals surface area contributed by atoms with E-state index < -0.39 is 5.54 Å². The fraction of sp³-hybridized carbons (Fsp3) is 0.909. The van der Waals surface area contributed by atoms with Gasteiger partial charge in [-0.3, -0.25) is 4.79 Å². The molecular formula is C11H22N2O. The minimum atomic E-state index is -0.399. The molecule has 1 unspecified atom stereocenters. The molecule has 1 atom stereocenters. The van der Waals surface area contributed by atoms with Crippen LogP contribution < -0.4 is 11.1 Å². The van der Waals surface area contributed by atoms with Crippen molar-refractivity contribution in [2.24, 2.45) is 11.7 Å². The van der Waals surface area contributed by atoms with Gasteiger partial charge < -0.3 is 11.1 Å². The first kappa shape index (κ1) is 11.5. The van der Waals surface area contributed by atoms with E-state index in [0.717, 1.165) is 12.3 Å². The smallest absolute Gasteiger partial charge is 0.222 e. The van der Waals surface area contributed by atoms with Crippen molar-refractivity contribution in [1.29, 1.82) is 0 Å². The summed E-state index contributed by atoms with van der Waals surface area (Å²) < 4.78 is 0. The summed E-state index contributed by atoms with van der Waals surface area (Å²) in [5.74, 6) is 0.932. The Morgan fingerprint density at radius 1 is 1.57 bits per heavy atom. The van der Waals surface area contributed by atoms with Crippen LogP contribution in [-0.2, 0) is 4.79 Å². The molecule has 1 aliphatic carbocycles. The standard InChI is InChI=1S/C11H22N2O/c1-8(6-9-4-5-9)13-10(14)7-11(2,3)12/h8-9H,4-7,12H2,1-3H3,(H,13,14). The summed E-state index contributed by atoms with van der Waals surface area (Å²) in [6.07, 6.45) is 4.20. The van der Waals surface area contributed by atoms with E-state index in [1.165, 1.54) is 12.8 Å². The maximum Gasteiger partial charge on any atom is 0.222 e. The SMILES string of the molecule is CC(CC1CC1)NC(=O)CC(C)(C)N. The lowest BCUT2D eigenvalue weighted by Crippen LogP contribution is -2.41. The van der Waals surface area contributed by atoms with E-state index in [0.29, 0.717) is 12.5 Å². The number of hydrogen-bond donors (Lipinski definition) is 2. The third kappa shape index (κ3) is 5.22. The monoisotopic (exact) mass is 198 g/mol. The van der Waals surface area contributed by atoms with Crippen LogP contribution in [0, 0.1) is 5.92 Å². The largest absolute Gasteiger partial charge is 0.354 e. The first-order valence-electron chi connectivity index (χ1n) is 5.45. The number of carbonyl (C=O) groups is 1. The highest BCUT2D eigenvalue weighted by Gasteiger charge is 2.25. The van der Waals surface area contributed by atoms with E-state index in [-0.39, 0.29) is 5.91 Å². The first-order valence-corrected chi connectivity index (χ1v) is 5.45. The van der Waals surface area contributed by atoms with Gasteiger partial charge in [-0.05, 0) is 33.1 Å². The van der Waals surface area contributed by atoms with Gasteiger partial charge in [0.1, 0.15) is 0 Å². The lowest BCUT2D eigenvalue weighted by molar-refractivity contribution is -0.122. The van der Waals surface area contributed by atoms with Crippen molar-refractivity contribution in [2.45, 2.75) is 58.0 Å². The molecule has 0 heterocycles. The number of rotatable bonds is 5. The van der Waals surface area contributed by atoms with Crippen LogP contribution in [0.4, 0.5) is 0 Å². The van der Waals surface area contributed by atoms with Crippen LogP contribution in [0.2, 0.25) is 0 Å². The lowest BCUT2D eigenvalue weighted by Gasteiger charge is -2.20. The molecule has 1 saturated carbocycles. The highest BCUT2D eigenvalue weighted by atomic mass is 16.1. The minimum absolute atomic E-state index is 0.0747. The summed E-state index contributed by atoms with van der Waals surface area (Å²) in [6, 6.07) is 0.303. The molecule has 3 nitrogen and oxygen atoms in total.